The number of rotatable bonds is 9. The summed E-state index contributed by atoms with van der Waals surface area (Å²) in [4.78, 5) is 13.3. The fourth-order valence-electron chi connectivity index (χ4n) is 2.56. The Kier molecular flexibility index (Phi) is 8.01. The molecule has 1 amide bonds. The van der Waals surface area contributed by atoms with Gasteiger partial charge in [0.2, 0.25) is 15.9 Å². The Labute approximate surface area is 170 Å². The Hall–Kier alpha value is -1.70. The van der Waals surface area contributed by atoms with Crippen LogP contribution in [-0.4, -0.2) is 32.9 Å². The highest BCUT2D eigenvalue weighted by molar-refractivity contribution is 7.99. The molecular weight excluding hydrogens is 404 g/mol. The molecule has 0 fully saturated rings. The predicted octanol–water partition coefficient (Wildman–Crippen LogP) is 4.64. The molecule has 0 aliphatic heterocycles. The summed E-state index contributed by atoms with van der Waals surface area (Å²) < 4.78 is 25.5. The van der Waals surface area contributed by atoms with Crippen molar-refractivity contribution in [2.24, 2.45) is 0 Å². The van der Waals surface area contributed by atoms with Crippen LogP contribution >= 0.6 is 23.4 Å². The second-order valence-corrected chi connectivity index (χ2v) is 9.55. The summed E-state index contributed by atoms with van der Waals surface area (Å²) in [6.07, 6.45) is 1.76. The molecule has 0 saturated carbocycles. The van der Waals surface area contributed by atoms with Gasteiger partial charge in [-0.2, -0.15) is 0 Å². The standard InChI is InChI=1S/C19H23ClN2O3S2/c1-3-26-18-11-5-4-10-17(18)21-19(23)12-7-13-22(27(2,24)25)16-9-6-8-15(20)14-16/h4-6,8-11,14H,3,7,12-13H2,1-2H3,(H,21,23). The number of hydrogen-bond donors (Lipinski definition) is 1. The van der Waals surface area contributed by atoms with Gasteiger partial charge in [-0.3, -0.25) is 9.10 Å². The van der Waals surface area contributed by atoms with Crippen molar-refractivity contribution in [3.63, 3.8) is 0 Å². The van der Waals surface area contributed by atoms with Crippen molar-refractivity contribution in [2.45, 2.75) is 24.7 Å². The lowest BCUT2D eigenvalue weighted by atomic mass is 10.2. The van der Waals surface area contributed by atoms with E-state index in [4.69, 9.17) is 11.6 Å². The van der Waals surface area contributed by atoms with Gasteiger partial charge in [0, 0.05) is 22.9 Å². The average Bonchev–Trinajstić information content (AvgIpc) is 2.59. The molecule has 5 nitrogen and oxygen atoms in total. The second kappa shape index (κ2) is 10.0. The van der Waals surface area contributed by atoms with Crippen LogP contribution in [0.25, 0.3) is 0 Å². The Bertz CT molecular complexity index is 888. The van der Waals surface area contributed by atoms with Crippen molar-refractivity contribution in [3.8, 4) is 0 Å². The molecule has 0 radical (unpaired) electrons. The van der Waals surface area contributed by atoms with Gasteiger partial charge in [0.25, 0.3) is 0 Å². The van der Waals surface area contributed by atoms with Gasteiger partial charge in [-0.15, -0.1) is 11.8 Å². The topological polar surface area (TPSA) is 66.5 Å². The van der Waals surface area contributed by atoms with E-state index in [1.807, 2.05) is 24.3 Å². The molecule has 2 aromatic carbocycles. The maximum absolute atomic E-state index is 12.3. The lowest BCUT2D eigenvalue weighted by Gasteiger charge is -2.22. The Balaban J connectivity index is 1.98. The molecule has 0 spiro atoms. The third-order valence-electron chi connectivity index (χ3n) is 3.72. The van der Waals surface area contributed by atoms with Crippen LogP contribution < -0.4 is 9.62 Å². The number of para-hydroxylation sites is 1. The van der Waals surface area contributed by atoms with Crippen molar-refractivity contribution >= 4 is 50.7 Å². The smallest absolute Gasteiger partial charge is 0.232 e. The van der Waals surface area contributed by atoms with Crippen LogP contribution in [-0.2, 0) is 14.8 Å². The number of amides is 1. The third kappa shape index (κ3) is 6.75. The van der Waals surface area contributed by atoms with Crippen LogP contribution in [0.15, 0.2) is 53.4 Å². The second-order valence-electron chi connectivity index (χ2n) is 5.90. The van der Waals surface area contributed by atoms with E-state index >= 15 is 0 Å². The molecule has 1 N–H and O–H groups in total. The fraction of sp³-hybridized carbons (Fsp3) is 0.316. The summed E-state index contributed by atoms with van der Waals surface area (Å²) in [5, 5.41) is 3.37. The van der Waals surface area contributed by atoms with Crippen LogP contribution in [0.5, 0.6) is 0 Å². The number of nitrogens with zero attached hydrogens (tertiary/aromatic N) is 1. The first kappa shape index (κ1) is 21.6. The van der Waals surface area contributed by atoms with Gasteiger partial charge in [-0.25, -0.2) is 8.42 Å². The van der Waals surface area contributed by atoms with Crippen LogP contribution in [0, 0.1) is 0 Å². The van der Waals surface area contributed by atoms with Gasteiger partial charge in [-0.1, -0.05) is 36.7 Å². The van der Waals surface area contributed by atoms with Crippen LogP contribution in [0.1, 0.15) is 19.8 Å². The molecule has 2 rings (SSSR count). The normalized spacial score (nSPS) is 11.2. The fourth-order valence-corrected chi connectivity index (χ4v) is 4.47. The molecule has 0 aromatic heterocycles. The molecule has 0 bridgehead atoms. The van der Waals surface area contributed by atoms with E-state index in [1.54, 1.807) is 36.0 Å². The van der Waals surface area contributed by atoms with E-state index in [-0.39, 0.29) is 18.9 Å². The number of carbonyl (C=O) groups is 1. The molecule has 0 unspecified atom stereocenters. The number of carbonyl (C=O) groups excluding carboxylic acids is 1. The van der Waals surface area contributed by atoms with Gasteiger partial charge >= 0.3 is 0 Å². The van der Waals surface area contributed by atoms with E-state index in [0.717, 1.165) is 22.6 Å². The monoisotopic (exact) mass is 426 g/mol. The maximum Gasteiger partial charge on any atom is 0.232 e. The average molecular weight is 427 g/mol. The molecule has 0 saturated heterocycles. The SMILES string of the molecule is CCSc1ccccc1NC(=O)CCCN(c1cccc(Cl)c1)S(C)(=O)=O. The molecule has 27 heavy (non-hydrogen) atoms. The maximum atomic E-state index is 12.3. The van der Waals surface area contributed by atoms with Crippen LogP contribution in [0.2, 0.25) is 5.02 Å². The Morgan fingerprint density at radius 1 is 1.19 bits per heavy atom. The predicted molar refractivity (Wildman–Crippen MR) is 114 cm³/mol. The molecule has 0 aliphatic rings. The van der Waals surface area contributed by atoms with Crippen molar-refractivity contribution in [1.29, 1.82) is 0 Å². The first-order valence-electron chi connectivity index (χ1n) is 8.56. The summed E-state index contributed by atoms with van der Waals surface area (Å²) in [5.74, 6) is 0.772. The zero-order chi connectivity index (χ0) is 19.9. The van der Waals surface area contributed by atoms with Crippen LogP contribution in [0.3, 0.4) is 0 Å². The van der Waals surface area contributed by atoms with Gasteiger partial charge < -0.3 is 5.32 Å². The minimum atomic E-state index is -3.47. The lowest BCUT2D eigenvalue weighted by molar-refractivity contribution is -0.116. The summed E-state index contributed by atoms with van der Waals surface area (Å²) in [6.45, 7) is 2.26. The van der Waals surface area contributed by atoms with Gasteiger partial charge in [-0.05, 0) is 42.5 Å². The summed E-state index contributed by atoms with van der Waals surface area (Å²) in [5.41, 5.74) is 1.28. The summed E-state index contributed by atoms with van der Waals surface area (Å²) >= 11 is 7.63. The number of anilines is 2. The van der Waals surface area contributed by atoms with Crippen LogP contribution in [0.4, 0.5) is 11.4 Å². The van der Waals surface area contributed by atoms with Gasteiger partial charge in [0.1, 0.15) is 0 Å². The highest BCUT2D eigenvalue weighted by Crippen LogP contribution is 2.27. The van der Waals surface area contributed by atoms with E-state index in [2.05, 4.69) is 12.2 Å². The van der Waals surface area contributed by atoms with E-state index in [9.17, 15) is 13.2 Å². The van der Waals surface area contributed by atoms with Gasteiger partial charge in [0.05, 0.1) is 17.6 Å². The number of benzene rings is 2. The van der Waals surface area contributed by atoms with Crippen molar-refractivity contribution < 1.29 is 13.2 Å². The molecule has 0 aliphatic carbocycles. The first-order valence-corrected chi connectivity index (χ1v) is 11.8. The minimum absolute atomic E-state index is 0.140. The van der Waals surface area contributed by atoms with Crippen molar-refractivity contribution in [3.05, 3.63) is 53.6 Å². The van der Waals surface area contributed by atoms with E-state index < -0.39 is 10.0 Å². The highest BCUT2D eigenvalue weighted by Gasteiger charge is 2.18. The minimum Gasteiger partial charge on any atom is -0.325 e. The number of thioether (sulfide) groups is 1. The third-order valence-corrected chi connectivity index (χ3v) is 6.11. The molecule has 2 aromatic rings. The number of sulfonamides is 1. The van der Waals surface area contributed by atoms with E-state index in [0.29, 0.717) is 17.1 Å². The summed E-state index contributed by atoms with van der Waals surface area (Å²) in [7, 11) is -3.47. The Morgan fingerprint density at radius 3 is 2.59 bits per heavy atom. The van der Waals surface area contributed by atoms with Crippen molar-refractivity contribution in [1.82, 2.24) is 0 Å². The van der Waals surface area contributed by atoms with E-state index in [1.165, 1.54) is 4.31 Å². The Morgan fingerprint density at radius 2 is 1.93 bits per heavy atom. The molecule has 146 valence electrons. The largest absolute Gasteiger partial charge is 0.325 e. The van der Waals surface area contributed by atoms with Crippen molar-refractivity contribution in [2.75, 3.05) is 28.2 Å². The lowest BCUT2D eigenvalue weighted by Crippen LogP contribution is -2.31. The zero-order valence-corrected chi connectivity index (χ0v) is 17.7. The quantitative estimate of drug-likeness (QED) is 0.593. The van der Waals surface area contributed by atoms with Gasteiger partial charge in [0.15, 0.2) is 0 Å². The number of halogens is 1. The molecule has 0 heterocycles. The molecule has 8 heteroatoms. The zero-order valence-electron chi connectivity index (χ0n) is 15.3. The number of nitrogens with one attached hydrogen (secondary N) is 1. The number of hydrogen-bond acceptors (Lipinski definition) is 4. The molecule has 0 atom stereocenters. The first-order chi connectivity index (χ1) is 12.8. The highest BCUT2D eigenvalue weighted by atomic mass is 35.5. The summed E-state index contributed by atoms with van der Waals surface area (Å²) in [6, 6.07) is 14.3. The molecular formula is C19H23ClN2O3S2.